The summed E-state index contributed by atoms with van der Waals surface area (Å²) in [6.45, 7) is 3.36. The highest BCUT2D eigenvalue weighted by Gasteiger charge is 2.15. The van der Waals surface area contributed by atoms with Gasteiger partial charge in [-0.3, -0.25) is 19.7 Å². The average Bonchev–Trinajstić information content (AvgIpc) is 2.61. The third kappa shape index (κ3) is 5.59. The third-order valence-electron chi connectivity index (χ3n) is 3.44. The van der Waals surface area contributed by atoms with Gasteiger partial charge in [-0.05, 0) is 37.1 Å². The van der Waals surface area contributed by atoms with Crippen LogP contribution in [0.15, 0.2) is 47.4 Å². The van der Waals surface area contributed by atoms with E-state index in [1.165, 1.54) is 6.07 Å². The summed E-state index contributed by atoms with van der Waals surface area (Å²) in [5, 5.41) is 13.6. The van der Waals surface area contributed by atoms with Gasteiger partial charge in [0.15, 0.2) is 6.61 Å². The van der Waals surface area contributed by atoms with Gasteiger partial charge >= 0.3 is 5.97 Å². The lowest BCUT2D eigenvalue weighted by molar-refractivity contribution is -0.387. The maximum atomic E-state index is 11.9. The second kappa shape index (κ2) is 9.00. The Balaban J connectivity index is 1.82. The van der Waals surface area contributed by atoms with Gasteiger partial charge in [-0.25, -0.2) is 0 Å². The number of esters is 1. The highest BCUT2D eigenvalue weighted by Crippen LogP contribution is 2.28. The SMILES string of the molecule is Cc1ccc(C)c(NC(=O)COC(=O)CSc2ccccc2[N+](=O)[O-])c1. The predicted octanol–water partition coefficient (Wildman–Crippen LogP) is 3.49. The zero-order chi connectivity index (χ0) is 19.1. The molecule has 0 radical (unpaired) electrons. The Labute approximate surface area is 154 Å². The van der Waals surface area contributed by atoms with E-state index in [0.29, 0.717) is 10.6 Å². The van der Waals surface area contributed by atoms with Crippen LogP contribution in [0, 0.1) is 24.0 Å². The molecule has 0 saturated heterocycles. The van der Waals surface area contributed by atoms with Crippen molar-refractivity contribution in [2.45, 2.75) is 18.7 Å². The molecule has 0 spiro atoms. The minimum atomic E-state index is -0.621. The number of aryl methyl sites for hydroxylation is 2. The van der Waals surface area contributed by atoms with Gasteiger partial charge in [0, 0.05) is 11.8 Å². The molecule has 2 rings (SSSR count). The van der Waals surface area contributed by atoms with Crippen LogP contribution in [0.25, 0.3) is 0 Å². The number of carbonyl (C=O) groups is 2. The normalized spacial score (nSPS) is 10.2. The molecule has 1 N–H and O–H groups in total. The molecular formula is C18H18N2O5S. The fourth-order valence-corrected chi connectivity index (χ4v) is 2.93. The first-order valence-corrected chi connectivity index (χ1v) is 8.74. The molecule has 0 aromatic heterocycles. The van der Waals surface area contributed by atoms with Gasteiger partial charge in [0.1, 0.15) is 0 Å². The smallest absolute Gasteiger partial charge is 0.316 e. The van der Waals surface area contributed by atoms with Gasteiger partial charge in [-0.15, -0.1) is 11.8 Å². The molecule has 0 unspecified atom stereocenters. The van der Waals surface area contributed by atoms with Crippen LogP contribution < -0.4 is 5.32 Å². The fraction of sp³-hybridized carbons (Fsp3) is 0.222. The summed E-state index contributed by atoms with van der Waals surface area (Å²) >= 11 is 0.996. The second-order valence-electron chi connectivity index (χ2n) is 5.54. The van der Waals surface area contributed by atoms with Crippen molar-refractivity contribution in [3.63, 3.8) is 0 Å². The summed E-state index contributed by atoms with van der Waals surface area (Å²) in [5.74, 6) is -1.19. The van der Waals surface area contributed by atoms with Crippen LogP contribution in [0.1, 0.15) is 11.1 Å². The molecule has 26 heavy (non-hydrogen) atoms. The largest absolute Gasteiger partial charge is 0.455 e. The fourth-order valence-electron chi connectivity index (χ4n) is 2.11. The van der Waals surface area contributed by atoms with Crippen LogP contribution in [0.3, 0.4) is 0 Å². The number of nitrogens with zero attached hydrogens (tertiary/aromatic N) is 1. The Morgan fingerprint density at radius 1 is 1.19 bits per heavy atom. The molecule has 0 aliphatic heterocycles. The molecule has 1 amide bonds. The number of amides is 1. The van der Waals surface area contributed by atoms with Crippen molar-refractivity contribution in [2.75, 3.05) is 17.7 Å². The molecule has 0 aliphatic carbocycles. The summed E-state index contributed by atoms with van der Waals surface area (Å²) in [5.41, 5.74) is 2.50. The highest BCUT2D eigenvalue weighted by atomic mass is 32.2. The summed E-state index contributed by atoms with van der Waals surface area (Å²) in [7, 11) is 0. The van der Waals surface area contributed by atoms with Crippen molar-refractivity contribution in [3.8, 4) is 0 Å². The molecule has 0 aliphatic rings. The van der Waals surface area contributed by atoms with E-state index in [0.717, 1.165) is 22.9 Å². The van der Waals surface area contributed by atoms with Crippen LogP contribution in [0.4, 0.5) is 11.4 Å². The van der Waals surface area contributed by atoms with Crippen LogP contribution in [-0.4, -0.2) is 29.2 Å². The lowest BCUT2D eigenvalue weighted by Gasteiger charge is -2.10. The van der Waals surface area contributed by atoms with Crippen LogP contribution >= 0.6 is 11.8 Å². The third-order valence-corrected chi connectivity index (χ3v) is 4.48. The van der Waals surface area contributed by atoms with Crippen molar-refractivity contribution in [2.24, 2.45) is 0 Å². The van der Waals surface area contributed by atoms with E-state index < -0.39 is 23.4 Å². The number of hydrogen-bond acceptors (Lipinski definition) is 6. The Morgan fingerprint density at radius 3 is 2.65 bits per heavy atom. The Bertz CT molecular complexity index is 838. The first kappa shape index (κ1) is 19.5. The lowest BCUT2D eigenvalue weighted by Crippen LogP contribution is -2.22. The van der Waals surface area contributed by atoms with Crippen molar-refractivity contribution in [1.29, 1.82) is 0 Å². The quantitative estimate of drug-likeness (QED) is 0.345. The van der Waals surface area contributed by atoms with E-state index >= 15 is 0 Å². The average molecular weight is 374 g/mol. The summed E-state index contributed by atoms with van der Waals surface area (Å²) < 4.78 is 4.93. The van der Waals surface area contributed by atoms with Crippen LogP contribution in [0.5, 0.6) is 0 Å². The second-order valence-corrected chi connectivity index (χ2v) is 6.56. The minimum absolute atomic E-state index is 0.0713. The topological polar surface area (TPSA) is 98.5 Å². The maximum Gasteiger partial charge on any atom is 0.316 e. The summed E-state index contributed by atoms with van der Waals surface area (Å²) in [6, 6.07) is 11.8. The van der Waals surface area contributed by atoms with E-state index in [4.69, 9.17) is 4.74 Å². The molecule has 2 aromatic rings. The molecule has 7 nitrogen and oxygen atoms in total. The van der Waals surface area contributed by atoms with Gasteiger partial charge in [-0.1, -0.05) is 24.3 Å². The van der Waals surface area contributed by atoms with Crippen LogP contribution in [0.2, 0.25) is 0 Å². The first-order valence-electron chi connectivity index (χ1n) is 7.76. The monoisotopic (exact) mass is 374 g/mol. The van der Waals surface area contributed by atoms with Gasteiger partial charge in [0.05, 0.1) is 15.6 Å². The highest BCUT2D eigenvalue weighted by molar-refractivity contribution is 8.00. The Hall–Kier alpha value is -2.87. The van der Waals surface area contributed by atoms with Crippen molar-refractivity contribution < 1.29 is 19.2 Å². The number of carbonyl (C=O) groups excluding carboxylic acids is 2. The number of nitro benzene ring substituents is 1. The van der Waals surface area contributed by atoms with Crippen molar-refractivity contribution in [3.05, 3.63) is 63.7 Å². The minimum Gasteiger partial charge on any atom is -0.455 e. The number of ether oxygens (including phenoxy) is 1. The summed E-state index contributed by atoms with van der Waals surface area (Å²) in [6.07, 6.45) is 0. The number of thioether (sulfide) groups is 1. The zero-order valence-electron chi connectivity index (χ0n) is 14.4. The number of nitro groups is 1. The van der Waals surface area contributed by atoms with Gasteiger partial charge in [0.2, 0.25) is 0 Å². The molecule has 0 atom stereocenters. The van der Waals surface area contributed by atoms with E-state index in [1.54, 1.807) is 18.2 Å². The Morgan fingerprint density at radius 2 is 1.92 bits per heavy atom. The van der Waals surface area contributed by atoms with Crippen molar-refractivity contribution >= 4 is 35.0 Å². The van der Waals surface area contributed by atoms with E-state index in [-0.39, 0.29) is 11.4 Å². The number of nitrogens with one attached hydrogen (secondary N) is 1. The molecule has 2 aromatic carbocycles. The predicted molar refractivity (Wildman–Crippen MR) is 99.3 cm³/mol. The first-order chi connectivity index (χ1) is 12.4. The van der Waals surface area contributed by atoms with Crippen molar-refractivity contribution in [1.82, 2.24) is 0 Å². The maximum absolute atomic E-state index is 11.9. The zero-order valence-corrected chi connectivity index (χ0v) is 15.2. The molecule has 0 saturated carbocycles. The van der Waals surface area contributed by atoms with E-state index in [2.05, 4.69) is 5.32 Å². The lowest BCUT2D eigenvalue weighted by atomic mass is 10.1. The number of para-hydroxylation sites is 1. The molecule has 8 heteroatoms. The van der Waals surface area contributed by atoms with E-state index in [9.17, 15) is 19.7 Å². The Kier molecular flexibility index (Phi) is 6.74. The number of benzene rings is 2. The molecule has 0 bridgehead atoms. The number of hydrogen-bond donors (Lipinski definition) is 1. The molecule has 0 fully saturated rings. The van der Waals surface area contributed by atoms with E-state index in [1.807, 2.05) is 32.0 Å². The van der Waals surface area contributed by atoms with Gasteiger partial charge in [-0.2, -0.15) is 0 Å². The standard InChI is InChI=1S/C18H18N2O5S/c1-12-7-8-13(2)14(9-12)19-17(21)10-25-18(22)11-26-16-6-4-3-5-15(16)20(23)24/h3-9H,10-11H2,1-2H3,(H,19,21). The molecule has 0 heterocycles. The van der Waals surface area contributed by atoms with Gasteiger partial charge in [0.25, 0.3) is 11.6 Å². The van der Waals surface area contributed by atoms with Crippen LogP contribution in [-0.2, 0) is 14.3 Å². The number of rotatable bonds is 7. The van der Waals surface area contributed by atoms with Gasteiger partial charge < -0.3 is 10.1 Å². The summed E-state index contributed by atoms with van der Waals surface area (Å²) in [4.78, 5) is 34.5. The molecule has 136 valence electrons. The number of anilines is 1. The molecular weight excluding hydrogens is 356 g/mol.